The number of rotatable bonds is 4. The molecule has 106 valence electrons. The Morgan fingerprint density at radius 3 is 2.25 bits per heavy atom. The lowest BCUT2D eigenvalue weighted by Gasteiger charge is -2.08. The molecule has 0 spiro atoms. The summed E-state index contributed by atoms with van der Waals surface area (Å²) in [6.45, 7) is 1.90. The maximum atomic E-state index is 13.0. The predicted molar refractivity (Wildman–Crippen MR) is 73.8 cm³/mol. The Labute approximate surface area is 116 Å². The largest absolute Gasteiger partial charge is 0.283 e. The summed E-state index contributed by atoms with van der Waals surface area (Å²) in [5.41, 5.74) is 1.64. The summed E-state index contributed by atoms with van der Waals surface area (Å²) in [5, 5.41) is 0. The van der Waals surface area contributed by atoms with E-state index in [9.17, 15) is 17.2 Å². The second-order valence-corrected chi connectivity index (χ2v) is 6.20. The number of anilines is 1. The highest BCUT2D eigenvalue weighted by Gasteiger charge is 2.13. The van der Waals surface area contributed by atoms with Gasteiger partial charge in [-0.05, 0) is 24.6 Å². The fraction of sp³-hybridized carbons (Fsp3) is 0.143. The highest BCUT2D eigenvalue weighted by Crippen LogP contribution is 2.16. The van der Waals surface area contributed by atoms with Crippen molar-refractivity contribution >= 4 is 15.7 Å². The molecule has 0 unspecified atom stereocenters. The van der Waals surface area contributed by atoms with Gasteiger partial charge in [-0.3, -0.25) is 4.72 Å². The third kappa shape index (κ3) is 3.77. The van der Waals surface area contributed by atoms with Crippen molar-refractivity contribution in [2.45, 2.75) is 12.7 Å². The molecule has 0 atom stereocenters. The van der Waals surface area contributed by atoms with Crippen LogP contribution in [0.25, 0.3) is 0 Å². The van der Waals surface area contributed by atoms with Crippen molar-refractivity contribution in [3.63, 3.8) is 0 Å². The Hall–Kier alpha value is -1.95. The Morgan fingerprint density at radius 1 is 1.00 bits per heavy atom. The average Bonchev–Trinajstić information content (AvgIpc) is 2.36. The van der Waals surface area contributed by atoms with Gasteiger partial charge in [0, 0.05) is 6.07 Å². The molecule has 0 saturated carbocycles. The van der Waals surface area contributed by atoms with Gasteiger partial charge < -0.3 is 0 Å². The molecule has 0 aliphatic rings. The van der Waals surface area contributed by atoms with Gasteiger partial charge in [-0.15, -0.1) is 0 Å². The van der Waals surface area contributed by atoms with Crippen molar-refractivity contribution < 1.29 is 17.2 Å². The summed E-state index contributed by atoms with van der Waals surface area (Å²) >= 11 is 0. The quantitative estimate of drug-likeness (QED) is 0.942. The van der Waals surface area contributed by atoms with E-state index in [1.807, 2.05) is 19.1 Å². The SMILES string of the molecule is Cc1ccc(CS(=O)(=O)Nc2ccc(F)c(F)c2)cc1. The molecule has 2 rings (SSSR count). The first-order chi connectivity index (χ1) is 9.35. The molecule has 1 N–H and O–H groups in total. The molecule has 3 nitrogen and oxygen atoms in total. The van der Waals surface area contributed by atoms with Crippen LogP contribution in [0.2, 0.25) is 0 Å². The smallest absolute Gasteiger partial charge is 0.236 e. The molecule has 0 amide bonds. The van der Waals surface area contributed by atoms with Crippen LogP contribution in [0.5, 0.6) is 0 Å². The number of hydrogen-bond acceptors (Lipinski definition) is 2. The number of halogens is 2. The number of sulfonamides is 1. The van der Waals surface area contributed by atoms with E-state index in [0.29, 0.717) is 5.56 Å². The van der Waals surface area contributed by atoms with Crippen LogP contribution in [0.1, 0.15) is 11.1 Å². The van der Waals surface area contributed by atoms with Gasteiger partial charge in [-0.25, -0.2) is 17.2 Å². The third-order valence-electron chi connectivity index (χ3n) is 2.67. The van der Waals surface area contributed by atoms with Crippen LogP contribution in [-0.4, -0.2) is 8.42 Å². The summed E-state index contributed by atoms with van der Waals surface area (Å²) in [7, 11) is -3.67. The first-order valence-corrected chi connectivity index (χ1v) is 7.52. The zero-order chi connectivity index (χ0) is 14.8. The Morgan fingerprint density at radius 2 is 1.65 bits per heavy atom. The van der Waals surface area contributed by atoms with Gasteiger partial charge in [0.1, 0.15) is 0 Å². The molecule has 0 aliphatic carbocycles. The molecule has 2 aromatic rings. The summed E-state index contributed by atoms with van der Waals surface area (Å²) < 4.78 is 51.8. The number of aryl methyl sites for hydroxylation is 1. The monoisotopic (exact) mass is 297 g/mol. The van der Waals surface area contributed by atoms with E-state index in [-0.39, 0.29) is 11.4 Å². The lowest BCUT2D eigenvalue weighted by molar-refractivity contribution is 0.509. The molecule has 20 heavy (non-hydrogen) atoms. The lowest BCUT2D eigenvalue weighted by Crippen LogP contribution is -2.15. The predicted octanol–water partition coefficient (Wildman–Crippen LogP) is 3.22. The van der Waals surface area contributed by atoms with Crippen LogP contribution >= 0.6 is 0 Å². The first kappa shape index (κ1) is 14.5. The highest BCUT2D eigenvalue weighted by molar-refractivity contribution is 7.91. The molecule has 0 radical (unpaired) electrons. The first-order valence-electron chi connectivity index (χ1n) is 5.87. The minimum atomic E-state index is -3.67. The molecule has 0 fully saturated rings. The molecule has 0 heterocycles. The lowest BCUT2D eigenvalue weighted by atomic mass is 10.2. The highest BCUT2D eigenvalue weighted by atomic mass is 32.2. The summed E-state index contributed by atoms with van der Waals surface area (Å²) in [6, 6.07) is 9.89. The van der Waals surface area contributed by atoms with Gasteiger partial charge in [0.2, 0.25) is 10.0 Å². The standard InChI is InChI=1S/C14H13F2NO2S/c1-10-2-4-11(5-3-10)9-20(18,19)17-12-6-7-13(15)14(16)8-12/h2-8,17H,9H2,1H3. The van der Waals surface area contributed by atoms with Crippen LogP contribution < -0.4 is 4.72 Å². The van der Waals surface area contributed by atoms with E-state index in [1.165, 1.54) is 6.07 Å². The fourth-order valence-corrected chi connectivity index (χ4v) is 2.87. The molecular weight excluding hydrogens is 284 g/mol. The van der Waals surface area contributed by atoms with Crippen LogP contribution in [-0.2, 0) is 15.8 Å². The molecule has 0 saturated heterocycles. The average molecular weight is 297 g/mol. The zero-order valence-corrected chi connectivity index (χ0v) is 11.5. The van der Waals surface area contributed by atoms with Crippen molar-refractivity contribution in [1.29, 1.82) is 0 Å². The van der Waals surface area contributed by atoms with E-state index in [2.05, 4.69) is 4.72 Å². The Balaban J connectivity index is 2.14. The van der Waals surface area contributed by atoms with Crippen molar-refractivity contribution in [2.75, 3.05) is 4.72 Å². The van der Waals surface area contributed by atoms with E-state index in [0.717, 1.165) is 17.7 Å². The molecule has 0 bridgehead atoms. The van der Waals surface area contributed by atoms with Gasteiger partial charge in [-0.1, -0.05) is 29.8 Å². The zero-order valence-electron chi connectivity index (χ0n) is 10.7. The second-order valence-electron chi connectivity index (χ2n) is 4.48. The van der Waals surface area contributed by atoms with E-state index in [4.69, 9.17) is 0 Å². The van der Waals surface area contributed by atoms with Gasteiger partial charge in [0.05, 0.1) is 11.4 Å². The van der Waals surface area contributed by atoms with Crippen LogP contribution in [0, 0.1) is 18.6 Å². The number of nitrogens with one attached hydrogen (secondary N) is 1. The fourth-order valence-electron chi connectivity index (χ4n) is 1.68. The van der Waals surface area contributed by atoms with Crippen LogP contribution in [0.15, 0.2) is 42.5 Å². The molecule has 0 aliphatic heterocycles. The van der Waals surface area contributed by atoms with Crippen molar-refractivity contribution in [3.05, 3.63) is 65.2 Å². The molecular formula is C14H13F2NO2S. The van der Waals surface area contributed by atoms with E-state index < -0.39 is 21.7 Å². The normalized spacial score (nSPS) is 11.3. The Bertz CT molecular complexity index is 712. The van der Waals surface area contributed by atoms with Crippen molar-refractivity contribution in [2.24, 2.45) is 0 Å². The van der Waals surface area contributed by atoms with E-state index >= 15 is 0 Å². The van der Waals surface area contributed by atoms with Gasteiger partial charge >= 0.3 is 0 Å². The van der Waals surface area contributed by atoms with Crippen molar-refractivity contribution in [1.82, 2.24) is 0 Å². The molecule has 0 aromatic heterocycles. The molecule has 2 aromatic carbocycles. The third-order valence-corrected chi connectivity index (χ3v) is 3.93. The maximum Gasteiger partial charge on any atom is 0.236 e. The minimum absolute atomic E-state index is 0.00369. The minimum Gasteiger partial charge on any atom is -0.283 e. The Kier molecular flexibility index (Phi) is 4.04. The molecule has 6 heteroatoms. The van der Waals surface area contributed by atoms with Crippen LogP contribution in [0.3, 0.4) is 0 Å². The summed E-state index contributed by atoms with van der Waals surface area (Å²) in [5.74, 6) is -2.35. The number of benzene rings is 2. The topological polar surface area (TPSA) is 46.2 Å². The van der Waals surface area contributed by atoms with Gasteiger partial charge in [-0.2, -0.15) is 0 Å². The van der Waals surface area contributed by atoms with Gasteiger partial charge in [0.25, 0.3) is 0 Å². The summed E-state index contributed by atoms with van der Waals surface area (Å²) in [4.78, 5) is 0. The van der Waals surface area contributed by atoms with Gasteiger partial charge in [0.15, 0.2) is 11.6 Å². The van der Waals surface area contributed by atoms with E-state index in [1.54, 1.807) is 12.1 Å². The van der Waals surface area contributed by atoms with Crippen molar-refractivity contribution in [3.8, 4) is 0 Å². The maximum absolute atomic E-state index is 13.0. The second kappa shape index (κ2) is 5.58. The number of hydrogen-bond donors (Lipinski definition) is 1. The van der Waals surface area contributed by atoms with Crippen LogP contribution in [0.4, 0.5) is 14.5 Å². The summed E-state index contributed by atoms with van der Waals surface area (Å²) in [6.07, 6.45) is 0.